The first-order valence-electron chi connectivity index (χ1n) is 6.47. The van der Waals surface area contributed by atoms with Crippen molar-refractivity contribution in [3.63, 3.8) is 0 Å². The summed E-state index contributed by atoms with van der Waals surface area (Å²) in [6, 6.07) is 4.72. The van der Waals surface area contributed by atoms with Gasteiger partial charge in [0.05, 0.1) is 11.5 Å². The highest BCUT2D eigenvalue weighted by Crippen LogP contribution is 2.38. The zero-order valence-electron chi connectivity index (χ0n) is 12.1. The number of nitrogens with zero attached hydrogens (tertiary/aromatic N) is 1. The van der Waals surface area contributed by atoms with Crippen LogP contribution in [0, 0.1) is 0 Å². The van der Waals surface area contributed by atoms with E-state index < -0.39 is 41.3 Å². The van der Waals surface area contributed by atoms with Gasteiger partial charge in [-0.2, -0.15) is 5.10 Å². The molecule has 0 saturated carbocycles. The highest BCUT2D eigenvalue weighted by molar-refractivity contribution is 6.39. The summed E-state index contributed by atoms with van der Waals surface area (Å²) in [5.41, 5.74) is 0.913. The second kappa shape index (κ2) is 6.22. The Kier molecular flexibility index (Phi) is 4.49. The van der Waals surface area contributed by atoms with Crippen molar-refractivity contribution in [1.29, 1.82) is 0 Å². The number of para-hydroxylation sites is 1. The summed E-state index contributed by atoms with van der Waals surface area (Å²) >= 11 is 0. The minimum absolute atomic E-state index is 0.0133. The van der Waals surface area contributed by atoms with E-state index in [2.05, 4.69) is 15.3 Å². The van der Waals surface area contributed by atoms with Gasteiger partial charge in [0.1, 0.15) is 5.75 Å². The smallest absolute Gasteiger partial charge is 0.478 e. The molecule has 0 aliphatic carbocycles. The van der Waals surface area contributed by atoms with Gasteiger partial charge in [-0.1, -0.05) is 18.2 Å². The number of halogens is 3. The molecule has 0 amide bonds. The Morgan fingerprint density at radius 2 is 1.83 bits per heavy atom. The van der Waals surface area contributed by atoms with Crippen molar-refractivity contribution in [2.75, 3.05) is 0 Å². The Labute approximate surface area is 133 Å². The van der Waals surface area contributed by atoms with Crippen molar-refractivity contribution in [2.45, 2.75) is 19.2 Å². The molecule has 0 radical (unpaired) electrons. The lowest BCUT2D eigenvalue weighted by Gasteiger charge is -2.26. The van der Waals surface area contributed by atoms with Gasteiger partial charge in [0, 0.05) is 11.3 Å². The van der Waals surface area contributed by atoms with Gasteiger partial charge >= 0.3 is 18.3 Å². The van der Waals surface area contributed by atoms with Crippen LogP contribution in [-0.2, 0) is 9.59 Å². The van der Waals surface area contributed by atoms with Gasteiger partial charge in [-0.05, 0) is 13.0 Å². The molecule has 1 unspecified atom stereocenters. The summed E-state index contributed by atoms with van der Waals surface area (Å²) in [4.78, 5) is 22.9. The zero-order valence-corrected chi connectivity index (χ0v) is 12.1. The average molecular weight is 344 g/mol. The number of carboxylic acids is 2. The highest BCUT2D eigenvalue weighted by atomic mass is 19.4. The van der Waals surface area contributed by atoms with E-state index in [1.165, 1.54) is 19.1 Å². The van der Waals surface area contributed by atoms with E-state index in [1.807, 2.05) is 0 Å². The Morgan fingerprint density at radius 1 is 1.21 bits per heavy atom. The number of benzene rings is 1. The van der Waals surface area contributed by atoms with Crippen molar-refractivity contribution in [1.82, 2.24) is 5.43 Å². The van der Waals surface area contributed by atoms with Crippen molar-refractivity contribution < 1.29 is 37.7 Å². The number of allylic oxidation sites excluding steroid dienone is 1. The first-order valence-corrected chi connectivity index (χ1v) is 6.47. The Morgan fingerprint density at radius 3 is 2.38 bits per heavy atom. The molecule has 1 aromatic rings. The molecule has 128 valence electrons. The maximum absolute atomic E-state index is 12.6. The van der Waals surface area contributed by atoms with Gasteiger partial charge in [-0.25, -0.2) is 9.59 Å². The molecule has 24 heavy (non-hydrogen) atoms. The van der Waals surface area contributed by atoms with Crippen LogP contribution in [0.25, 0.3) is 0 Å². The zero-order chi connectivity index (χ0) is 18.1. The molecule has 0 saturated heterocycles. The van der Waals surface area contributed by atoms with Crippen LogP contribution in [0.2, 0.25) is 0 Å². The van der Waals surface area contributed by atoms with E-state index >= 15 is 0 Å². The Hall–Kier alpha value is -3.04. The molecule has 0 aromatic heterocycles. The van der Waals surface area contributed by atoms with E-state index in [4.69, 9.17) is 0 Å². The first-order chi connectivity index (χ1) is 11.1. The molecule has 1 aliphatic rings. The lowest BCUT2D eigenvalue weighted by Crippen LogP contribution is -2.34. The van der Waals surface area contributed by atoms with Gasteiger partial charge < -0.3 is 14.9 Å². The minimum atomic E-state index is -5.02. The third-order valence-electron chi connectivity index (χ3n) is 3.22. The average Bonchev–Trinajstić information content (AvgIpc) is 2.45. The SMILES string of the molecule is CC1=C(C(=O)O)C(c2ccccc2OC(F)(F)F)C(C(=O)O)=NN1. The third-order valence-corrected chi connectivity index (χ3v) is 3.22. The molecule has 0 bridgehead atoms. The quantitative estimate of drug-likeness (QED) is 0.772. The molecule has 2 rings (SSSR count). The summed E-state index contributed by atoms with van der Waals surface area (Å²) in [5.74, 6) is -5.28. The Bertz CT molecular complexity index is 755. The van der Waals surface area contributed by atoms with Crippen molar-refractivity contribution in [3.8, 4) is 5.75 Å². The number of rotatable bonds is 4. The predicted molar refractivity (Wildman–Crippen MR) is 74.4 cm³/mol. The number of carbonyl (C=O) groups is 2. The van der Waals surface area contributed by atoms with Gasteiger partial charge in [0.2, 0.25) is 0 Å². The van der Waals surface area contributed by atoms with Crippen LogP contribution in [0.4, 0.5) is 13.2 Å². The van der Waals surface area contributed by atoms with Crippen LogP contribution >= 0.6 is 0 Å². The van der Waals surface area contributed by atoms with E-state index in [0.717, 1.165) is 12.1 Å². The van der Waals surface area contributed by atoms with Crippen LogP contribution in [0.5, 0.6) is 5.75 Å². The molecule has 10 heteroatoms. The molecule has 1 atom stereocenters. The maximum Gasteiger partial charge on any atom is 0.573 e. The second-order valence-corrected chi connectivity index (χ2v) is 4.78. The van der Waals surface area contributed by atoms with Gasteiger partial charge in [-0.3, -0.25) is 5.43 Å². The van der Waals surface area contributed by atoms with Gasteiger partial charge in [-0.15, -0.1) is 13.2 Å². The van der Waals surface area contributed by atoms with Crippen LogP contribution in [0.1, 0.15) is 18.4 Å². The molecule has 0 spiro atoms. The number of hydrogen-bond donors (Lipinski definition) is 3. The molecular formula is C14H11F3N2O5. The van der Waals surface area contributed by atoms with Crippen molar-refractivity contribution in [3.05, 3.63) is 41.1 Å². The summed E-state index contributed by atoms with van der Waals surface area (Å²) in [7, 11) is 0. The predicted octanol–water partition coefficient (Wildman–Crippen LogP) is 2.07. The largest absolute Gasteiger partial charge is 0.573 e. The van der Waals surface area contributed by atoms with E-state index in [9.17, 15) is 33.0 Å². The van der Waals surface area contributed by atoms with Crippen molar-refractivity contribution in [2.24, 2.45) is 5.10 Å². The molecular weight excluding hydrogens is 333 g/mol. The molecule has 3 N–H and O–H groups in total. The maximum atomic E-state index is 12.6. The molecule has 1 aliphatic heterocycles. The Balaban J connectivity index is 2.65. The normalized spacial score (nSPS) is 17.8. The molecule has 1 aromatic carbocycles. The van der Waals surface area contributed by atoms with E-state index in [-0.39, 0.29) is 11.3 Å². The van der Waals surface area contributed by atoms with E-state index in [1.54, 1.807) is 0 Å². The fraction of sp³-hybridized carbons (Fsp3) is 0.214. The standard InChI is InChI=1S/C14H11F3N2O5/c1-6-9(12(20)21)10(11(13(22)23)19-18-6)7-4-2-3-5-8(7)24-14(15,16)17/h2-5,10,18H,1H3,(H,20,21)(H,22,23). The van der Waals surface area contributed by atoms with Gasteiger partial charge in [0.15, 0.2) is 5.71 Å². The second-order valence-electron chi connectivity index (χ2n) is 4.78. The highest BCUT2D eigenvalue weighted by Gasteiger charge is 2.40. The number of alkyl halides is 3. The number of carboxylic acid groups (broad SMARTS) is 2. The molecule has 1 heterocycles. The van der Waals surface area contributed by atoms with E-state index in [0.29, 0.717) is 0 Å². The summed E-state index contributed by atoms with van der Waals surface area (Å²) in [6.45, 7) is 1.33. The third kappa shape index (κ3) is 3.47. The van der Waals surface area contributed by atoms with Crippen LogP contribution < -0.4 is 10.2 Å². The fourth-order valence-corrected chi connectivity index (χ4v) is 2.32. The molecule has 7 nitrogen and oxygen atoms in total. The number of nitrogens with one attached hydrogen (secondary N) is 1. The van der Waals surface area contributed by atoms with Crippen LogP contribution in [0.3, 0.4) is 0 Å². The number of hydrazone groups is 1. The minimum Gasteiger partial charge on any atom is -0.478 e. The fourth-order valence-electron chi connectivity index (χ4n) is 2.32. The number of ether oxygens (including phenoxy) is 1. The summed E-state index contributed by atoms with van der Waals surface area (Å²) < 4.78 is 41.6. The lowest BCUT2D eigenvalue weighted by atomic mass is 9.84. The summed E-state index contributed by atoms with van der Waals surface area (Å²) in [6.07, 6.45) is -5.02. The van der Waals surface area contributed by atoms with Crippen LogP contribution in [-0.4, -0.2) is 34.2 Å². The lowest BCUT2D eigenvalue weighted by molar-refractivity contribution is -0.274. The number of aliphatic carboxylic acids is 2. The van der Waals surface area contributed by atoms with Crippen molar-refractivity contribution >= 4 is 17.7 Å². The number of hydrogen-bond acceptors (Lipinski definition) is 5. The first kappa shape index (κ1) is 17.3. The van der Waals surface area contributed by atoms with Gasteiger partial charge in [0.25, 0.3) is 0 Å². The summed E-state index contributed by atoms with van der Waals surface area (Å²) in [5, 5.41) is 22.1. The molecule has 0 fully saturated rings. The topological polar surface area (TPSA) is 108 Å². The monoisotopic (exact) mass is 344 g/mol. The van der Waals surface area contributed by atoms with Crippen LogP contribution in [0.15, 0.2) is 40.6 Å².